The maximum atomic E-state index is 12.7. The summed E-state index contributed by atoms with van der Waals surface area (Å²) in [5.74, 6) is -0.00226. The number of carbonyl (C=O) groups excluding carboxylic acids is 1. The quantitative estimate of drug-likeness (QED) is 0.884. The molecule has 1 aliphatic heterocycles. The van der Waals surface area contributed by atoms with Gasteiger partial charge in [0, 0.05) is 24.7 Å². The van der Waals surface area contributed by atoms with E-state index < -0.39 is 9.84 Å². The third-order valence-corrected chi connectivity index (χ3v) is 7.53. The van der Waals surface area contributed by atoms with E-state index in [0.29, 0.717) is 10.5 Å². The predicted octanol–water partition coefficient (Wildman–Crippen LogP) is 2.23. The Balaban J connectivity index is 1.75. The minimum Gasteiger partial charge on any atom is -0.334 e. The molecule has 132 valence electrons. The third kappa shape index (κ3) is 3.35. The number of benzene rings is 1. The minimum atomic E-state index is -3.25. The minimum absolute atomic E-state index is 0.00226. The molecule has 1 unspecified atom stereocenters. The molecule has 1 atom stereocenters. The zero-order valence-electron chi connectivity index (χ0n) is 14.2. The van der Waals surface area contributed by atoms with Crippen molar-refractivity contribution >= 4 is 15.7 Å². The van der Waals surface area contributed by atoms with Crippen LogP contribution in [0.5, 0.6) is 0 Å². The van der Waals surface area contributed by atoms with Gasteiger partial charge >= 0.3 is 0 Å². The van der Waals surface area contributed by atoms with E-state index >= 15 is 0 Å². The van der Waals surface area contributed by atoms with E-state index in [-0.39, 0.29) is 17.2 Å². The molecule has 1 N–H and O–H groups in total. The summed E-state index contributed by atoms with van der Waals surface area (Å²) in [5.41, 5.74) is 0.573. The van der Waals surface area contributed by atoms with Gasteiger partial charge in [-0.1, -0.05) is 12.8 Å². The fraction of sp³-hybridized carbons (Fsp3) is 0.611. The lowest BCUT2D eigenvalue weighted by molar-refractivity contribution is 0.0737. The van der Waals surface area contributed by atoms with Crippen LogP contribution in [0.25, 0.3) is 0 Å². The first kappa shape index (κ1) is 17.4. The molecule has 2 aliphatic rings. The van der Waals surface area contributed by atoms with Gasteiger partial charge in [0.25, 0.3) is 5.91 Å². The van der Waals surface area contributed by atoms with Crippen LogP contribution in [0.4, 0.5) is 0 Å². The first-order valence-corrected chi connectivity index (χ1v) is 10.4. The fourth-order valence-corrected chi connectivity index (χ4v) is 5.75. The number of nitrogens with zero attached hydrogens (tertiary/aromatic N) is 1. The van der Waals surface area contributed by atoms with Crippen LogP contribution < -0.4 is 5.32 Å². The number of carbonyl (C=O) groups is 1. The van der Waals surface area contributed by atoms with Crippen molar-refractivity contribution < 1.29 is 13.2 Å². The van der Waals surface area contributed by atoms with Crippen LogP contribution >= 0.6 is 0 Å². The topological polar surface area (TPSA) is 66.5 Å². The second kappa shape index (κ2) is 7.23. The number of hydrogen-bond acceptors (Lipinski definition) is 4. The number of hydrogen-bond donors (Lipinski definition) is 1. The summed E-state index contributed by atoms with van der Waals surface area (Å²) in [6, 6.07) is 6.76. The first-order chi connectivity index (χ1) is 11.5. The Morgan fingerprint density at radius 1 is 1.12 bits per heavy atom. The smallest absolute Gasteiger partial charge is 0.254 e. The van der Waals surface area contributed by atoms with Crippen molar-refractivity contribution in [2.24, 2.45) is 0 Å². The van der Waals surface area contributed by atoms with E-state index in [9.17, 15) is 13.2 Å². The summed E-state index contributed by atoms with van der Waals surface area (Å²) in [7, 11) is -1.36. The highest BCUT2D eigenvalue weighted by Crippen LogP contribution is 2.30. The van der Waals surface area contributed by atoms with Gasteiger partial charge in [0.15, 0.2) is 9.84 Å². The van der Waals surface area contributed by atoms with Crippen molar-refractivity contribution in [3.05, 3.63) is 29.8 Å². The highest BCUT2D eigenvalue weighted by atomic mass is 32.2. The summed E-state index contributed by atoms with van der Waals surface area (Å²) in [5, 5.41) is 2.88. The highest BCUT2D eigenvalue weighted by molar-refractivity contribution is 7.92. The van der Waals surface area contributed by atoms with Crippen molar-refractivity contribution in [3.63, 3.8) is 0 Å². The molecule has 0 aromatic heterocycles. The second-order valence-corrected chi connectivity index (χ2v) is 9.06. The molecule has 1 aliphatic carbocycles. The number of sulfone groups is 1. The maximum Gasteiger partial charge on any atom is 0.254 e. The number of amides is 1. The number of rotatable bonds is 5. The molecule has 1 saturated heterocycles. The molecule has 1 heterocycles. The lowest BCUT2D eigenvalue weighted by Gasteiger charge is -2.24. The normalized spacial score (nSPS) is 22.2. The highest BCUT2D eigenvalue weighted by Gasteiger charge is 2.31. The number of likely N-dealkylation sites (N-methyl/N-ethyl adjacent to an activating group) is 1. The average molecular weight is 350 g/mol. The Hall–Kier alpha value is -1.40. The molecule has 1 aromatic carbocycles. The van der Waals surface area contributed by atoms with Crippen molar-refractivity contribution in [3.8, 4) is 0 Å². The van der Waals surface area contributed by atoms with Crippen molar-refractivity contribution in [2.45, 2.75) is 54.7 Å². The molecule has 2 fully saturated rings. The van der Waals surface area contributed by atoms with Crippen molar-refractivity contribution in [1.29, 1.82) is 0 Å². The summed E-state index contributed by atoms with van der Waals surface area (Å²) < 4.78 is 25.2. The van der Waals surface area contributed by atoms with Crippen LogP contribution in [-0.4, -0.2) is 50.7 Å². The molecule has 24 heavy (non-hydrogen) atoms. The van der Waals surface area contributed by atoms with Gasteiger partial charge in [0.05, 0.1) is 10.1 Å². The van der Waals surface area contributed by atoms with Gasteiger partial charge in [-0.05, 0) is 57.0 Å². The van der Waals surface area contributed by atoms with Crippen molar-refractivity contribution in [2.75, 3.05) is 20.1 Å². The largest absolute Gasteiger partial charge is 0.334 e. The van der Waals surface area contributed by atoms with E-state index in [0.717, 1.165) is 51.6 Å². The summed E-state index contributed by atoms with van der Waals surface area (Å²) in [6.45, 7) is 1.56. The first-order valence-electron chi connectivity index (χ1n) is 8.83. The van der Waals surface area contributed by atoms with Gasteiger partial charge in [-0.15, -0.1) is 0 Å². The molecule has 0 spiro atoms. The molecule has 0 bridgehead atoms. The van der Waals surface area contributed by atoms with Crippen LogP contribution in [0.15, 0.2) is 29.2 Å². The zero-order valence-corrected chi connectivity index (χ0v) is 15.0. The molecule has 6 heteroatoms. The van der Waals surface area contributed by atoms with Gasteiger partial charge in [-0.2, -0.15) is 0 Å². The fourth-order valence-electron chi connectivity index (χ4n) is 3.90. The predicted molar refractivity (Wildman–Crippen MR) is 93.9 cm³/mol. The Morgan fingerprint density at radius 3 is 2.42 bits per heavy atom. The van der Waals surface area contributed by atoms with Crippen molar-refractivity contribution in [1.82, 2.24) is 10.2 Å². The van der Waals surface area contributed by atoms with Crippen LogP contribution in [0.2, 0.25) is 0 Å². The Bertz CT molecular complexity index is 679. The van der Waals surface area contributed by atoms with Gasteiger partial charge < -0.3 is 10.2 Å². The van der Waals surface area contributed by atoms with E-state index in [4.69, 9.17) is 0 Å². The average Bonchev–Trinajstić information content (AvgIpc) is 3.27. The number of likely N-dealkylation sites (tertiary alicyclic amines) is 1. The van der Waals surface area contributed by atoms with Crippen LogP contribution in [0.1, 0.15) is 48.9 Å². The Kier molecular flexibility index (Phi) is 5.25. The molecule has 1 aromatic rings. The summed E-state index contributed by atoms with van der Waals surface area (Å²) in [4.78, 5) is 14.9. The molecule has 3 rings (SSSR count). The monoisotopic (exact) mass is 350 g/mol. The van der Waals surface area contributed by atoms with Gasteiger partial charge in [0.1, 0.15) is 0 Å². The van der Waals surface area contributed by atoms with Crippen LogP contribution in [-0.2, 0) is 9.84 Å². The summed E-state index contributed by atoms with van der Waals surface area (Å²) >= 11 is 0. The van der Waals surface area contributed by atoms with Crippen LogP contribution in [0, 0.1) is 0 Å². The van der Waals surface area contributed by atoms with Gasteiger partial charge in [0.2, 0.25) is 0 Å². The molecule has 1 saturated carbocycles. The zero-order chi connectivity index (χ0) is 17.2. The Labute approximate surface area is 144 Å². The van der Waals surface area contributed by atoms with Gasteiger partial charge in [-0.3, -0.25) is 4.79 Å². The molecular weight excluding hydrogens is 324 g/mol. The Morgan fingerprint density at radius 2 is 1.79 bits per heavy atom. The van der Waals surface area contributed by atoms with E-state index in [1.165, 1.54) is 0 Å². The third-order valence-electron chi connectivity index (χ3n) is 5.25. The number of nitrogens with one attached hydrogen (secondary N) is 1. The SMILES string of the molecule is CNCC1CCCN1C(=O)c1ccc(S(=O)(=O)C2CCCC2)cc1. The molecule has 5 nitrogen and oxygen atoms in total. The second-order valence-electron chi connectivity index (χ2n) is 6.83. The van der Waals surface area contributed by atoms with E-state index in [1.54, 1.807) is 24.3 Å². The van der Waals surface area contributed by atoms with E-state index in [1.807, 2.05) is 11.9 Å². The molecular formula is C18H26N2O3S. The lowest BCUT2D eigenvalue weighted by Crippen LogP contribution is -2.40. The molecule has 1 amide bonds. The summed E-state index contributed by atoms with van der Waals surface area (Å²) in [6.07, 6.45) is 5.52. The maximum absolute atomic E-state index is 12.7. The lowest BCUT2D eigenvalue weighted by atomic mass is 10.1. The molecule has 0 radical (unpaired) electrons. The van der Waals surface area contributed by atoms with Crippen LogP contribution in [0.3, 0.4) is 0 Å². The van der Waals surface area contributed by atoms with E-state index in [2.05, 4.69) is 5.32 Å². The standard InChI is InChI=1S/C18H26N2O3S/c1-19-13-15-5-4-12-20(15)18(21)14-8-10-17(11-9-14)24(22,23)16-6-2-3-7-16/h8-11,15-16,19H,2-7,12-13H2,1H3. The van der Waals surface area contributed by atoms with Gasteiger partial charge in [-0.25, -0.2) is 8.42 Å².